The van der Waals surface area contributed by atoms with Crippen LogP contribution in [-0.4, -0.2) is 43.5 Å². The summed E-state index contributed by atoms with van der Waals surface area (Å²) in [5.74, 6) is -0.208. The standard InChI is InChI=1S/C16H22FN3O/c17-14-3-1-13(2-4-14)9-19-15(21)10-20-8-6-16(12-20)5-7-18-11-16/h1-4,18H,5-12H2,(H,19,21). The van der Waals surface area contributed by atoms with Crippen LogP contribution >= 0.6 is 0 Å². The molecule has 2 heterocycles. The lowest BCUT2D eigenvalue weighted by molar-refractivity contribution is -0.122. The van der Waals surface area contributed by atoms with Crippen molar-refractivity contribution in [1.82, 2.24) is 15.5 Å². The lowest BCUT2D eigenvalue weighted by atomic mass is 9.87. The number of hydrogen-bond acceptors (Lipinski definition) is 3. The highest BCUT2D eigenvalue weighted by Crippen LogP contribution is 2.35. The lowest BCUT2D eigenvalue weighted by Crippen LogP contribution is -2.37. The van der Waals surface area contributed by atoms with Gasteiger partial charge in [0.2, 0.25) is 5.91 Å². The number of likely N-dealkylation sites (tertiary alicyclic amines) is 1. The Kier molecular flexibility index (Phi) is 4.22. The molecule has 1 amide bonds. The zero-order chi connectivity index (χ0) is 14.7. The number of carbonyl (C=O) groups excluding carboxylic acids is 1. The third kappa shape index (κ3) is 3.60. The second-order valence-electron chi connectivity index (χ2n) is 6.29. The number of benzene rings is 1. The normalized spacial score (nSPS) is 25.6. The molecule has 0 aromatic heterocycles. The molecule has 1 spiro atoms. The van der Waals surface area contributed by atoms with Crippen LogP contribution < -0.4 is 10.6 Å². The molecule has 5 heteroatoms. The van der Waals surface area contributed by atoms with Crippen molar-refractivity contribution in [3.63, 3.8) is 0 Å². The summed E-state index contributed by atoms with van der Waals surface area (Å²) in [7, 11) is 0. The van der Waals surface area contributed by atoms with Crippen molar-refractivity contribution >= 4 is 5.91 Å². The van der Waals surface area contributed by atoms with E-state index in [2.05, 4.69) is 15.5 Å². The summed E-state index contributed by atoms with van der Waals surface area (Å²) in [4.78, 5) is 14.2. The Morgan fingerprint density at radius 1 is 1.33 bits per heavy atom. The Balaban J connectivity index is 1.43. The minimum Gasteiger partial charge on any atom is -0.351 e. The maximum Gasteiger partial charge on any atom is 0.234 e. The monoisotopic (exact) mass is 291 g/mol. The van der Waals surface area contributed by atoms with Crippen molar-refractivity contribution in [3.8, 4) is 0 Å². The van der Waals surface area contributed by atoms with Crippen LogP contribution in [0.1, 0.15) is 18.4 Å². The average molecular weight is 291 g/mol. The molecule has 1 atom stereocenters. The van der Waals surface area contributed by atoms with Crippen molar-refractivity contribution in [2.75, 3.05) is 32.7 Å². The lowest BCUT2D eigenvalue weighted by Gasteiger charge is -2.22. The van der Waals surface area contributed by atoms with Crippen LogP contribution in [0, 0.1) is 11.2 Å². The fraction of sp³-hybridized carbons (Fsp3) is 0.562. The van der Waals surface area contributed by atoms with Gasteiger partial charge in [0.05, 0.1) is 6.54 Å². The molecule has 0 aliphatic carbocycles. The Morgan fingerprint density at radius 3 is 2.86 bits per heavy atom. The summed E-state index contributed by atoms with van der Waals surface area (Å²) in [6.07, 6.45) is 2.41. The zero-order valence-electron chi connectivity index (χ0n) is 12.2. The van der Waals surface area contributed by atoms with Crippen molar-refractivity contribution in [2.24, 2.45) is 5.41 Å². The second-order valence-corrected chi connectivity index (χ2v) is 6.29. The van der Waals surface area contributed by atoms with Crippen molar-refractivity contribution in [1.29, 1.82) is 0 Å². The highest BCUT2D eigenvalue weighted by atomic mass is 19.1. The summed E-state index contributed by atoms with van der Waals surface area (Å²) >= 11 is 0. The molecule has 2 N–H and O–H groups in total. The summed E-state index contributed by atoms with van der Waals surface area (Å²) < 4.78 is 12.8. The molecular formula is C16H22FN3O. The Morgan fingerprint density at radius 2 is 2.14 bits per heavy atom. The first-order valence-electron chi connectivity index (χ1n) is 7.60. The summed E-state index contributed by atoms with van der Waals surface area (Å²) in [5, 5.41) is 6.33. The molecule has 0 radical (unpaired) electrons. The van der Waals surface area contributed by atoms with Crippen LogP contribution in [0.5, 0.6) is 0 Å². The molecule has 4 nitrogen and oxygen atoms in total. The quantitative estimate of drug-likeness (QED) is 0.874. The van der Waals surface area contributed by atoms with Gasteiger partial charge in [-0.15, -0.1) is 0 Å². The van der Waals surface area contributed by atoms with E-state index in [9.17, 15) is 9.18 Å². The molecule has 21 heavy (non-hydrogen) atoms. The Labute approximate surface area is 124 Å². The predicted molar refractivity (Wildman–Crippen MR) is 79.2 cm³/mol. The third-order valence-electron chi connectivity index (χ3n) is 4.62. The number of halogens is 1. The topological polar surface area (TPSA) is 44.4 Å². The molecule has 0 saturated carbocycles. The Hall–Kier alpha value is -1.46. The van der Waals surface area contributed by atoms with E-state index in [0.717, 1.165) is 31.7 Å². The minimum absolute atomic E-state index is 0.0438. The fourth-order valence-electron chi connectivity index (χ4n) is 3.37. The average Bonchev–Trinajstić information content (AvgIpc) is 3.09. The molecule has 0 bridgehead atoms. The van der Waals surface area contributed by atoms with Gasteiger partial charge in [0, 0.05) is 19.6 Å². The summed E-state index contributed by atoms with van der Waals surface area (Å²) in [6, 6.07) is 6.23. The van der Waals surface area contributed by atoms with Crippen molar-refractivity contribution < 1.29 is 9.18 Å². The number of amides is 1. The number of nitrogens with zero attached hydrogens (tertiary/aromatic N) is 1. The van der Waals surface area contributed by atoms with Crippen LogP contribution in [0.25, 0.3) is 0 Å². The van der Waals surface area contributed by atoms with E-state index in [-0.39, 0.29) is 11.7 Å². The van der Waals surface area contributed by atoms with E-state index < -0.39 is 0 Å². The highest BCUT2D eigenvalue weighted by Gasteiger charge is 2.40. The first kappa shape index (κ1) is 14.5. The number of nitrogens with one attached hydrogen (secondary N) is 2. The van der Waals surface area contributed by atoms with E-state index >= 15 is 0 Å². The van der Waals surface area contributed by atoms with Gasteiger partial charge in [-0.25, -0.2) is 4.39 Å². The SMILES string of the molecule is O=C(CN1CCC2(CCNC2)C1)NCc1ccc(F)cc1. The first-order chi connectivity index (χ1) is 10.2. The number of hydrogen-bond donors (Lipinski definition) is 2. The molecule has 1 unspecified atom stereocenters. The molecule has 1 aromatic carbocycles. The molecule has 2 fully saturated rings. The van der Waals surface area contributed by atoms with E-state index in [1.165, 1.54) is 25.0 Å². The maximum atomic E-state index is 12.8. The van der Waals surface area contributed by atoms with Crippen molar-refractivity contribution in [2.45, 2.75) is 19.4 Å². The van der Waals surface area contributed by atoms with Crippen molar-refractivity contribution in [3.05, 3.63) is 35.6 Å². The summed E-state index contributed by atoms with van der Waals surface area (Å²) in [6.45, 7) is 5.13. The second kappa shape index (κ2) is 6.12. The van der Waals surface area contributed by atoms with E-state index in [1.54, 1.807) is 12.1 Å². The third-order valence-corrected chi connectivity index (χ3v) is 4.62. The van der Waals surface area contributed by atoms with Gasteiger partial charge in [0.1, 0.15) is 5.82 Å². The molecule has 2 aliphatic heterocycles. The van der Waals surface area contributed by atoms with Crippen LogP contribution in [0.3, 0.4) is 0 Å². The van der Waals surface area contributed by atoms with Gasteiger partial charge >= 0.3 is 0 Å². The zero-order valence-corrected chi connectivity index (χ0v) is 12.2. The molecule has 2 saturated heterocycles. The van der Waals surface area contributed by atoms with Gasteiger partial charge in [-0.3, -0.25) is 9.69 Å². The molecular weight excluding hydrogens is 269 g/mol. The molecule has 1 aromatic rings. The molecule has 3 rings (SSSR count). The van der Waals surface area contributed by atoms with Gasteiger partial charge in [-0.1, -0.05) is 12.1 Å². The molecule has 114 valence electrons. The first-order valence-corrected chi connectivity index (χ1v) is 7.60. The highest BCUT2D eigenvalue weighted by molar-refractivity contribution is 5.78. The van der Waals surface area contributed by atoms with Gasteiger partial charge in [-0.2, -0.15) is 0 Å². The predicted octanol–water partition coefficient (Wildman–Crippen LogP) is 1.13. The van der Waals surface area contributed by atoms with Gasteiger partial charge < -0.3 is 10.6 Å². The number of carbonyl (C=O) groups is 1. The van der Waals surface area contributed by atoms with Gasteiger partial charge in [0.25, 0.3) is 0 Å². The minimum atomic E-state index is -0.252. The van der Waals surface area contributed by atoms with Crippen LogP contribution in [0.15, 0.2) is 24.3 Å². The van der Waals surface area contributed by atoms with Crippen LogP contribution in [-0.2, 0) is 11.3 Å². The smallest absolute Gasteiger partial charge is 0.234 e. The fourth-order valence-corrected chi connectivity index (χ4v) is 3.37. The largest absolute Gasteiger partial charge is 0.351 e. The maximum absolute atomic E-state index is 12.8. The molecule has 2 aliphatic rings. The van der Waals surface area contributed by atoms with Crippen LogP contribution in [0.4, 0.5) is 4.39 Å². The van der Waals surface area contributed by atoms with Gasteiger partial charge in [-0.05, 0) is 49.0 Å². The van der Waals surface area contributed by atoms with E-state index in [0.29, 0.717) is 18.5 Å². The van der Waals surface area contributed by atoms with Gasteiger partial charge in [0.15, 0.2) is 0 Å². The number of rotatable bonds is 4. The van der Waals surface area contributed by atoms with E-state index in [1.807, 2.05) is 0 Å². The summed E-state index contributed by atoms with van der Waals surface area (Å²) in [5.41, 5.74) is 1.32. The Bertz CT molecular complexity index is 497. The van der Waals surface area contributed by atoms with Crippen LogP contribution in [0.2, 0.25) is 0 Å². The van der Waals surface area contributed by atoms with E-state index in [4.69, 9.17) is 0 Å².